The Morgan fingerprint density at radius 3 is 2.21 bits per heavy atom. The van der Waals surface area contributed by atoms with Crippen molar-refractivity contribution < 1.29 is 0 Å². The van der Waals surface area contributed by atoms with Crippen LogP contribution in [0.1, 0.15) is 11.3 Å². The smallest absolute Gasteiger partial charge is 0.152 e. The number of imidazole rings is 1. The first-order chi connectivity index (χ1) is 11.8. The second-order valence-electron chi connectivity index (χ2n) is 5.75. The van der Waals surface area contributed by atoms with Gasteiger partial charge in [-0.25, -0.2) is 4.98 Å². The second kappa shape index (κ2) is 5.68. The van der Waals surface area contributed by atoms with Crippen molar-refractivity contribution >= 4 is 5.65 Å². The topological polar surface area (TPSA) is 41.1 Å². The van der Waals surface area contributed by atoms with Gasteiger partial charge in [0.25, 0.3) is 0 Å². The van der Waals surface area contributed by atoms with E-state index in [9.17, 15) is 5.26 Å². The van der Waals surface area contributed by atoms with Crippen LogP contribution in [0.25, 0.3) is 28.0 Å². The minimum atomic E-state index is 0.571. The third-order valence-electron chi connectivity index (χ3n) is 4.22. The molecule has 0 spiro atoms. The summed E-state index contributed by atoms with van der Waals surface area (Å²) in [4.78, 5) is 4.70. The molecule has 2 aromatic carbocycles. The fourth-order valence-electron chi connectivity index (χ4n) is 2.96. The zero-order valence-electron chi connectivity index (χ0n) is 13.3. The minimum Gasteiger partial charge on any atom is -0.291 e. The third kappa shape index (κ3) is 2.26. The molecule has 0 saturated carbocycles. The number of aromatic nitrogens is 2. The normalized spacial score (nSPS) is 10.7. The van der Waals surface area contributed by atoms with Gasteiger partial charge in [0.1, 0.15) is 17.4 Å². The zero-order valence-corrected chi connectivity index (χ0v) is 13.3. The molecule has 0 amide bonds. The summed E-state index contributed by atoms with van der Waals surface area (Å²) >= 11 is 0. The van der Waals surface area contributed by atoms with Crippen molar-refractivity contribution in [1.29, 1.82) is 5.26 Å². The summed E-state index contributed by atoms with van der Waals surface area (Å²) < 4.78 is 1.86. The summed E-state index contributed by atoms with van der Waals surface area (Å²) in [6, 6.07) is 24.7. The highest BCUT2D eigenvalue weighted by molar-refractivity contribution is 5.73. The van der Waals surface area contributed by atoms with Gasteiger partial charge in [-0.15, -0.1) is 0 Å². The Labute approximate surface area is 140 Å². The van der Waals surface area contributed by atoms with Crippen LogP contribution >= 0.6 is 0 Å². The highest BCUT2D eigenvalue weighted by Crippen LogP contribution is 2.28. The fraction of sp³-hybridized carbons (Fsp3) is 0.0476. The van der Waals surface area contributed by atoms with E-state index >= 15 is 0 Å². The summed E-state index contributed by atoms with van der Waals surface area (Å²) in [5.74, 6) is 0. The van der Waals surface area contributed by atoms with E-state index < -0.39 is 0 Å². The van der Waals surface area contributed by atoms with Crippen LogP contribution in [0, 0.1) is 18.3 Å². The van der Waals surface area contributed by atoms with Crippen molar-refractivity contribution in [2.24, 2.45) is 0 Å². The molecule has 0 aliphatic heterocycles. The minimum absolute atomic E-state index is 0.571. The molecule has 0 saturated heterocycles. The van der Waals surface area contributed by atoms with Gasteiger partial charge in [0.15, 0.2) is 5.69 Å². The van der Waals surface area contributed by atoms with Crippen molar-refractivity contribution in [2.45, 2.75) is 6.92 Å². The molecule has 0 fully saturated rings. The summed E-state index contributed by atoms with van der Waals surface area (Å²) in [6.45, 7) is 2.01. The molecule has 4 rings (SSSR count). The van der Waals surface area contributed by atoms with E-state index in [1.807, 2.05) is 60.0 Å². The average molecular weight is 309 g/mol. The number of pyridine rings is 1. The Bertz CT molecular complexity index is 1050. The summed E-state index contributed by atoms with van der Waals surface area (Å²) in [5, 5.41) is 9.58. The number of rotatable bonds is 2. The van der Waals surface area contributed by atoms with Crippen molar-refractivity contribution in [3.05, 3.63) is 84.2 Å². The number of hydrogen-bond donors (Lipinski definition) is 0. The van der Waals surface area contributed by atoms with Gasteiger partial charge in [-0.2, -0.15) is 5.26 Å². The summed E-state index contributed by atoms with van der Waals surface area (Å²) in [5.41, 5.74) is 6.47. The van der Waals surface area contributed by atoms with Crippen molar-refractivity contribution in [3.8, 4) is 28.5 Å². The number of fused-ring (bicyclic) bond motifs is 1. The molecule has 3 nitrogen and oxygen atoms in total. The van der Waals surface area contributed by atoms with Crippen LogP contribution in [0.2, 0.25) is 0 Å². The van der Waals surface area contributed by atoms with Crippen LogP contribution in [0.5, 0.6) is 0 Å². The second-order valence-corrected chi connectivity index (χ2v) is 5.75. The zero-order chi connectivity index (χ0) is 16.5. The van der Waals surface area contributed by atoms with Gasteiger partial charge >= 0.3 is 0 Å². The molecular weight excluding hydrogens is 294 g/mol. The Morgan fingerprint density at radius 1 is 0.833 bits per heavy atom. The molecule has 2 heterocycles. The Kier molecular flexibility index (Phi) is 3.36. The molecular formula is C21H15N3. The van der Waals surface area contributed by atoms with Crippen LogP contribution in [0.4, 0.5) is 0 Å². The van der Waals surface area contributed by atoms with Gasteiger partial charge in [-0.3, -0.25) is 4.40 Å². The summed E-state index contributed by atoms with van der Waals surface area (Å²) in [7, 11) is 0. The first-order valence-corrected chi connectivity index (χ1v) is 7.81. The van der Waals surface area contributed by atoms with Crippen molar-refractivity contribution in [2.75, 3.05) is 0 Å². The van der Waals surface area contributed by atoms with Crippen LogP contribution in [-0.4, -0.2) is 9.38 Å². The van der Waals surface area contributed by atoms with E-state index in [1.54, 1.807) is 0 Å². The van der Waals surface area contributed by atoms with Gasteiger partial charge < -0.3 is 0 Å². The lowest BCUT2D eigenvalue weighted by molar-refractivity contribution is 1.14. The largest absolute Gasteiger partial charge is 0.291 e. The summed E-state index contributed by atoms with van der Waals surface area (Å²) in [6.07, 6.45) is 1.88. The Hall–Kier alpha value is -3.38. The molecule has 24 heavy (non-hydrogen) atoms. The monoisotopic (exact) mass is 309 g/mol. The number of nitrogens with zero attached hydrogens (tertiary/aromatic N) is 3. The van der Waals surface area contributed by atoms with Gasteiger partial charge in [0.2, 0.25) is 0 Å². The first-order valence-electron chi connectivity index (χ1n) is 7.81. The molecule has 114 valence electrons. The Morgan fingerprint density at radius 2 is 1.50 bits per heavy atom. The SMILES string of the molecule is Cc1cccn2c(C#N)c(-c3ccc(-c4ccccc4)cc3)nc12. The molecule has 4 aromatic rings. The first kappa shape index (κ1) is 14.2. The van der Waals surface area contributed by atoms with Crippen LogP contribution in [0.3, 0.4) is 0 Å². The van der Waals surface area contributed by atoms with Gasteiger partial charge in [-0.1, -0.05) is 60.7 Å². The lowest BCUT2D eigenvalue weighted by atomic mass is 10.0. The molecule has 0 bridgehead atoms. The lowest BCUT2D eigenvalue weighted by Crippen LogP contribution is -1.89. The molecule has 2 aromatic heterocycles. The fourth-order valence-corrected chi connectivity index (χ4v) is 2.96. The average Bonchev–Trinajstić information content (AvgIpc) is 3.03. The van der Waals surface area contributed by atoms with Crippen molar-refractivity contribution in [1.82, 2.24) is 9.38 Å². The van der Waals surface area contributed by atoms with E-state index in [0.717, 1.165) is 28.0 Å². The quantitative estimate of drug-likeness (QED) is 0.531. The predicted octanol–water partition coefficient (Wildman–Crippen LogP) is 4.85. The highest BCUT2D eigenvalue weighted by Gasteiger charge is 2.14. The molecule has 3 heteroatoms. The van der Waals surface area contributed by atoms with E-state index in [1.165, 1.54) is 5.56 Å². The number of nitriles is 1. The Balaban J connectivity index is 1.84. The molecule has 0 aliphatic rings. The standard InChI is InChI=1S/C21H15N3/c1-15-6-5-13-24-19(14-22)20(23-21(15)24)18-11-9-17(10-12-18)16-7-3-2-4-8-16/h2-13H,1H3. The van der Waals surface area contributed by atoms with Gasteiger partial charge in [0.05, 0.1) is 0 Å². The van der Waals surface area contributed by atoms with E-state index in [4.69, 9.17) is 4.98 Å². The maximum Gasteiger partial charge on any atom is 0.152 e. The van der Waals surface area contributed by atoms with Gasteiger partial charge in [0, 0.05) is 11.8 Å². The van der Waals surface area contributed by atoms with E-state index in [0.29, 0.717) is 5.69 Å². The molecule has 0 radical (unpaired) electrons. The van der Waals surface area contributed by atoms with Crippen LogP contribution < -0.4 is 0 Å². The van der Waals surface area contributed by atoms with Crippen LogP contribution in [-0.2, 0) is 0 Å². The maximum atomic E-state index is 9.58. The van der Waals surface area contributed by atoms with Crippen molar-refractivity contribution in [3.63, 3.8) is 0 Å². The number of aryl methyl sites for hydroxylation is 1. The molecule has 0 atom stereocenters. The van der Waals surface area contributed by atoms with Crippen LogP contribution in [0.15, 0.2) is 72.9 Å². The van der Waals surface area contributed by atoms with E-state index in [-0.39, 0.29) is 0 Å². The number of benzene rings is 2. The molecule has 0 aliphatic carbocycles. The lowest BCUT2D eigenvalue weighted by Gasteiger charge is -2.03. The van der Waals surface area contributed by atoms with E-state index in [2.05, 4.69) is 30.3 Å². The van der Waals surface area contributed by atoms with Gasteiger partial charge in [-0.05, 0) is 29.7 Å². The number of hydrogen-bond acceptors (Lipinski definition) is 2. The third-order valence-corrected chi connectivity index (χ3v) is 4.22. The molecule has 0 unspecified atom stereocenters. The molecule has 0 N–H and O–H groups in total. The highest BCUT2D eigenvalue weighted by atomic mass is 15.0. The predicted molar refractivity (Wildman–Crippen MR) is 95.5 cm³/mol. The maximum absolute atomic E-state index is 9.58.